The average Bonchev–Trinajstić information content (AvgIpc) is 3.28. The van der Waals surface area contributed by atoms with E-state index in [9.17, 15) is 13.2 Å². The smallest absolute Gasteiger partial charge is 0.415 e. The van der Waals surface area contributed by atoms with Crippen LogP contribution in [-0.2, 0) is 7.05 Å². The maximum atomic E-state index is 12.5. The van der Waals surface area contributed by atoms with Crippen LogP contribution in [0.4, 0.5) is 36.1 Å². The van der Waals surface area contributed by atoms with E-state index in [2.05, 4.69) is 25.9 Å². The number of fused-ring (bicyclic) bond motifs is 1. The highest BCUT2D eigenvalue weighted by Crippen LogP contribution is 2.42. The van der Waals surface area contributed by atoms with Gasteiger partial charge >= 0.3 is 6.18 Å². The molecular weight excluding hydrogens is 461 g/mol. The van der Waals surface area contributed by atoms with E-state index in [0.717, 1.165) is 17.1 Å². The lowest BCUT2D eigenvalue weighted by atomic mass is 9.92. The Kier molecular flexibility index (Phi) is 6.83. The second-order valence-electron chi connectivity index (χ2n) is 8.56. The molecule has 1 saturated carbocycles. The number of hydrogen-bond acceptors (Lipinski definition) is 7. The lowest BCUT2D eigenvalue weighted by molar-refractivity contribution is -0.202. The number of alkyl halides is 3. The molecule has 1 aliphatic heterocycles. The van der Waals surface area contributed by atoms with E-state index in [1.165, 1.54) is 0 Å². The van der Waals surface area contributed by atoms with Crippen LogP contribution in [-0.4, -0.2) is 59.6 Å². The largest absolute Gasteiger partial charge is 0.490 e. The SMILES string of the molecule is CN1CNc2c(Nc3cc(Cl)n(C)n3)cc(O[C@H]3CC[C@@H](NC[C@@H](O)C(F)(F)F)CC3)cc21. The number of aromatic nitrogens is 2. The minimum absolute atomic E-state index is 0.0366. The molecule has 12 heteroatoms. The number of benzene rings is 1. The van der Waals surface area contributed by atoms with Crippen LogP contribution in [0.1, 0.15) is 25.7 Å². The van der Waals surface area contributed by atoms with Crippen LogP contribution in [0.15, 0.2) is 18.2 Å². The van der Waals surface area contributed by atoms with Crippen molar-refractivity contribution >= 4 is 34.5 Å². The molecule has 0 saturated heterocycles. The first-order valence-corrected chi connectivity index (χ1v) is 11.2. The number of anilines is 4. The molecule has 1 aromatic carbocycles. The van der Waals surface area contributed by atoms with Crippen LogP contribution in [0.2, 0.25) is 5.15 Å². The lowest BCUT2D eigenvalue weighted by Crippen LogP contribution is -2.44. The Morgan fingerprint density at radius 3 is 2.61 bits per heavy atom. The monoisotopic (exact) mass is 488 g/mol. The minimum Gasteiger partial charge on any atom is -0.490 e. The third-order valence-electron chi connectivity index (χ3n) is 6.04. The second-order valence-corrected chi connectivity index (χ2v) is 8.94. The third-order valence-corrected chi connectivity index (χ3v) is 6.39. The number of halogens is 4. The minimum atomic E-state index is -4.60. The lowest BCUT2D eigenvalue weighted by Gasteiger charge is -2.30. The number of aliphatic hydroxyl groups excluding tert-OH is 1. The standard InChI is InChI=1S/C21H28ClF3N6O2/c1-30-11-27-20-15(28-19-9-18(22)31(2)29-19)7-14(8-16(20)30)33-13-5-3-12(4-6-13)26-10-17(32)21(23,24)25/h7-9,12-13,17,26-27,32H,3-6,10-11H2,1-2H3,(H,28,29)/t12-,13+,17-/m1/s1. The highest BCUT2D eigenvalue weighted by molar-refractivity contribution is 6.29. The van der Waals surface area contributed by atoms with Crippen LogP contribution in [0, 0.1) is 0 Å². The maximum Gasteiger partial charge on any atom is 0.415 e. The van der Waals surface area contributed by atoms with Crippen molar-refractivity contribution in [3.63, 3.8) is 0 Å². The molecule has 2 aromatic rings. The third kappa shape index (κ3) is 5.59. The van der Waals surface area contributed by atoms with Gasteiger partial charge in [-0.2, -0.15) is 18.3 Å². The van der Waals surface area contributed by atoms with Gasteiger partial charge in [0.25, 0.3) is 0 Å². The molecule has 2 heterocycles. The summed E-state index contributed by atoms with van der Waals surface area (Å²) in [6.45, 7) is 0.174. The van der Waals surface area contributed by atoms with Gasteiger partial charge in [0.1, 0.15) is 10.9 Å². The first kappa shape index (κ1) is 23.8. The molecule has 8 nitrogen and oxygen atoms in total. The topological polar surface area (TPSA) is 86.6 Å². The van der Waals surface area contributed by atoms with Crippen molar-refractivity contribution in [2.75, 3.05) is 35.8 Å². The molecule has 0 spiro atoms. The fraction of sp³-hybridized carbons (Fsp3) is 0.571. The maximum absolute atomic E-state index is 12.5. The highest BCUT2D eigenvalue weighted by Gasteiger charge is 2.38. The van der Waals surface area contributed by atoms with Gasteiger partial charge in [-0.15, -0.1) is 0 Å². The van der Waals surface area contributed by atoms with Crippen LogP contribution in [0.5, 0.6) is 5.75 Å². The van der Waals surface area contributed by atoms with Gasteiger partial charge in [0.15, 0.2) is 11.9 Å². The molecule has 182 valence electrons. The van der Waals surface area contributed by atoms with E-state index in [-0.39, 0.29) is 12.1 Å². The number of rotatable bonds is 7. The fourth-order valence-corrected chi connectivity index (χ4v) is 4.29. The predicted octanol–water partition coefficient (Wildman–Crippen LogP) is 3.84. The first-order valence-electron chi connectivity index (χ1n) is 10.8. The van der Waals surface area contributed by atoms with Gasteiger partial charge in [0, 0.05) is 44.9 Å². The van der Waals surface area contributed by atoms with Crippen molar-refractivity contribution < 1.29 is 23.0 Å². The number of nitrogens with one attached hydrogen (secondary N) is 3. The van der Waals surface area contributed by atoms with E-state index < -0.39 is 18.8 Å². The molecule has 4 N–H and O–H groups in total. The van der Waals surface area contributed by atoms with E-state index in [0.29, 0.717) is 49.1 Å². The van der Waals surface area contributed by atoms with E-state index >= 15 is 0 Å². The van der Waals surface area contributed by atoms with Crippen molar-refractivity contribution in [2.45, 2.75) is 50.1 Å². The Hall–Kier alpha value is -2.37. The Labute approximate surface area is 195 Å². The molecular formula is C21H28ClF3N6O2. The molecule has 1 aliphatic carbocycles. The summed E-state index contributed by atoms with van der Waals surface area (Å²) in [5.41, 5.74) is 2.76. The van der Waals surface area contributed by atoms with Crippen LogP contribution in [0.3, 0.4) is 0 Å². The predicted molar refractivity (Wildman–Crippen MR) is 122 cm³/mol. The second kappa shape index (κ2) is 9.47. The van der Waals surface area contributed by atoms with Gasteiger partial charge in [-0.3, -0.25) is 4.68 Å². The first-order chi connectivity index (χ1) is 15.6. The average molecular weight is 489 g/mol. The van der Waals surface area contributed by atoms with Crippen molar-refractivity contribution in [3.8, 4) is 5.75 Å². The summed E-state index contributed by atoms with van der Waals surface area (Å²) in [7, 11) is 3.74. The molecule has 2 aliphatic rings. The normalized spacial score (nSPS) is 21.5. The van der Waals surface area contributed by atoms with Crippen molar-refractivity contribution in [1.82, 2.24) is 15.1 Å². The van der Waals surface area contributed by atoms with Crippen molar-refractivity contribution in [2.24, 2.45) is 7.05 Å². The van der Waals surface area contributed by atoms with Crippen LogP contribution >= 0.6 is 11.6 Å². The number of aliphatic hydroxyl groups is 1. The molecule has 1 fully saturated rings. The Bertz CT molecular complexity index is 958. The molecule has 0 unspecified atom stereocenters. The molecule has 0 amide bonds. The summed E-state index contributed by atoms with van der Waals surface area (Å²) < 4.78 is 45.3. The van der Waals surface area contributed by atoms with Gasteiger partial charge in [-0.05, 0) is 25.7 Å². The summed E-state index contributed by atoms with van der Waals surface area (Å²) in [4.78, 5) is 2.07. The van der Waals surface area contributed by atoms with E-state index in [1.807, 2.05) is 19.2 Å². The Morgan fingerprint density at radius 2 is 1.97 bits per heavy atom. The fourth-order valence-electron chi connectivity index (χ4n) is 4.15. The highest BCUT2D eigenvalue weighted by atomic mass is 35.5. The zero-order valence-corrected chi connectivity index (χ0v) is 19.2. The Morgan fingerprint density at radius 1 is 1.24 bits per heavy atom. The molecule has 1 aromatic heterocycles. The van der Waals surface area contributed by atoms with Crippen molar-refractivity contribution in [1.29, 1.82) is 0 Å². The quantitative estimate of drug-likeness (QED) is 0.471. The molecule has 4 rings (SSSR count). The molecule has 0 bridgehead atoms. The van der Waals surface area contributed by atoms with Crippen molar-refractivity contribution in [3.05, 3.63) is 23.4 Å². The van der Waals surface area contributed by atoms with Crippen LogP contribution in [0.25, 0.3) is 0 Å². The molecule has 33 heavy (non-hydrogen) atoms. The summed E-state index contributed by atoms with van der Waals surface area (Å²) in [6, 6.07) is 5.57. The number of ether oxygens (including phenoxy) is 1. The summed E-state index contributed by atoms with van der Waals surface area (Å²) in [6.07, 6.45) is -4.20. The van der Waals surface area contributed by atoms with Gasteiger partial charge in [-0.25, -0.2) is 0 Å². The van der Waals surface area contributed by atoms with Gasteiger partial charge in [0.05, 0.1) is 29.8 Å². The van der Waals surface area contributed by atoms with Gasteiger partial charge < -0.3 is 30.7 Å². The molecule has 0 radical (unpaired) electrons. The zero-order chi connectivity index (χ0) is 23.8. The number of aryl methyl sites for hydroxylation is 1. The van der Waals surface area contributed by atoms with Crippen LogP contribution < -0.4 is 25.6 Å². The molecule has 1 atom stereocenters. The summed E-state index contributed by atoms with van der Waals surface area (Å²) >= 11 is 6.11. The summed E-state index contributed by atoms with van der Waals surface area (Å²) in [5.74, 6) is 1.32. The van der Waals surface area contributed by atoms with Gasteiger partial charge in [-0.1, -0.05) is 11.6 Å². The number of hydrogen-bond donors (Lipinski definition) is 4. The van der Waals surface area contributed by atoms with E-state index in [1.54, 1.807) is 17.8 Å². The van der Waals surface area contributed by atoms with E-state index in [4.69, 9.17) is 21.4 Å². The Balaban J connectivity index is 1.39. The zero-order valence-electron chi connectivity index (χ0n) is 18.4. The number of nitrogens with zero attached hydrogens (tertiary/aromatic N) is 3. The van der Waals surface area contributed by atoms with Gasteiger partial charge in [0.2, 0.25) is 0 Å². The summed E-state index contributed by atoms with van der Waals surface area (Å²) in [5, 5.41) is 23.5.